The quantitative estimate of drug-likeness (QED) is 0.652. The van der Waals surface area contributed by atoms with Crippen LogP contribution in [0.2, 0.25) is 0 Å². The molecule has 112 valence electrons. The summed E-state index contributed by atoms with van der Waals surface area (Å²) in [6.07, 6.45) is 1.91. The summed E-state index contributed by atoms with van der Waals surface area (Å²) in [6, 6.07) is 16.3. The van der Waals surface area contributed by atoms with E-state index in [1.165, 1.54) is 0 Å². The third-order valence-corrected chi connectivity index (χ3v) is 4.62. The van der Waals surface area contributed by atoms with E-state index in [0.717, 1.165) is 25.8 Å². The molecule has 22 heavy (non-hydrogen) atoms. The molecule has 0 spiro atoms. The summed E-state index contributed by atoms with van der Waals surface area (Å²) in [7, 11) is 1.84. The summed E-state index contributed by atoms with van der Waals surface area (Å²) >= 11 is 6.78. The Labute approximate surface area is 147 Å². The first-order chi connectivity index (χ1) is 10.4. The van der Waals surface area contributed by atoms with E-state index < -0.39 is 5.41 Å². The Bertz CT molecular complexity index is 766. The minimum absolute atomic E-state index is 0.0716. The fourth-order valence-electron chi connectivity index (χ4n) is 3.10. The number of hydrogen-bond acceptors (Lipinski definition) is 1. The molecule has 0 radical (unpaired) electrons. The van der Waals surface area contributed by atoms with Crippen LogP contribution in [0.25, 0.3) is 11.1 Å². The van der Waals surface area contributed by atoms with Crippen molar-refractivity contribution in [2.45, 2.75) is 12.3 Å². The van der Waals surface area contributed by atoms with Crippen LogP contribution in [-0.2, 0) is 10.2 Å². The molecule has 0 saturated heterocycles. The summed E-state index contributed by atoms with van der Waals surface area (Å²) in [6.45, 7) is 1.95. The van der Waals surface area contributed by atoms with Crippen LogP contribution < -0.4 is 4.90 Å². The van der Waals surface area contributed by atoms with Crippen molar-refractivity contribution in [2.24, 2.45) is 0 Å². The van der Waals surface area contributed by atoms with Crippen LogP contribution in [0.5, 0.6) is 0 Å². The van der Waals surface area contributed by atoms with Gasteiger partial charge >= 0.3 is 0 Å². The predicted octanol–water partition coefficient (Wildman–Crippen LogP) is 5.22. The lowest BCUT2D eigenvalue weighted by Gasteiger charge is -2.18. The van der Waals surface area contributed by atoms with Gasteiger partial charge in [0.05, 0.1) is 14.5 Å². The predicted molar refractivity (Wildman–Crippen MR) is 98.6 cm³/mol. The zero-order valence-electron chi connectivity index (χ0n) is 12.3. The van der Waals surface area contributed by atoms with Gasteiger partial charge in [0, 0.05) is 12.6 Å². The second-order valence-corrected chi connectivity index (χ2v) is 8.34. The van der Waals surface area contributed by atoms with Crippen molar-refractivity contribution in [3.8, 4) is 11.1 Å². The third kappa shape index (κ3) is 2.34. The maximum absolute atomic E-state index is 12.8. The van der Waals surface area contributed by atoms with Crippen molar-refractivity contribution >= 4 is 43.5 Å². The third-order valence-electron chi connectivity index (χ3n) is 4.16. The molecule has 1 atom stereocenters. The van der Waals surface area contributed by atoms with Crippen molar-refractivity contribution in [3.63, 3.8) is 0 Å². The Morgan fingerprint density at radius 1 is 1.09 bits per heavy atom. The SMILES string of the molecule is CN1C(=O)C(C)(C=C(Br)Br)c2cccc(-c3ccccc3)c21. The van der Waals surface area contributed by atoms with Gasteiger partial charge in [0.15, 0.2) is 0 Å². The Balaban J connectivity index is 2.27. The first-order valence-electron chi connectivity index (χ1n) is 6.96. The molecule has 0 saturated carbocycles. The molecule has 1 unspecified atom stereocenters. The molecular formula is C18H15Br2NO. The maximum atomic E-state index is 12.8. The highest BCUT2D eigenvalue weighted by molar-refractivity contribution is 9.28. The molecule has 1 heterocycles. The average molecular weight is 421 g/mol. The fourth-order valence-corrected chi connectivity index (χ4v) is 4.01. The van der Waals surface area contributed by atoms with Gasteiger partial charge in [0.2, 0.25) is 5.91 Å². The molecule has 0 N–H and O–H groups in total. The van der Waals surface area contributed by atoms with E-state index in [1.54, 1.807) is 4.90 Å². The maximum Gasteiger partial charge on any atom is 0.241 e. The van der Waals surface area contributed by atoms with Gasteiger partial charge in [-0.05, 0) is 56.0 Å². The molecule has 3 rings (SSSR count). The lowest BCUT2D eigenvalue weighted by atomic mass is 9.83. The lowest BCUT2D eigenvalue weighted by Crippen LogP contribution is -2.34. The summed E-state index contributed by atoms with van der Waals surface area (Å²) in [4.78, 5) is 14.6. The molecule has 1 aliphatic heterocycles. The molecule has 4 heteroatoms. The molecule has 2 aromatic carbocycles. The van der Waals surface area contributed by atoms with Crippen LogP contribution >= 0.6 is 31.9 Å². The molecular weight excluding hydrogens is 406 g/mol. The number of benzene rings is 2. The highest BCUT2D eigenvalue weighted by Gasteiger charge is 2.45. The van der Waals surface area contributed by atoms with Gasteiger partial charge in [-0.15, -0.1) is 0 Å². The highest BCUT2D eigenvalue weighted by Crippen LogP contribution is 2.47. The van der Waals surface area contributed by atoms with E-state index in [1.807, 2.05) is 50.4 Å². The standard InChI is InChI=1S/C18H15Br2NO/c1-18(11-15(19)20)14-10-6-9-13(12-7-4-3-5-8-12)16(14)21(2)17(18)22/h3-11H,1-2H3. The summed E-state index contributed by atoms with van der Waals surface area (Å²) in [5, 5.41) is 0. The molecule has 0 fully saturated rings. The highest BCUT2D eigenvalue weighted by atomic mass is 79.9. The van der Waals surface area contributed by atoms with Crippen molar-refractivity contribution in [1.82, 2.24) is 0 Å². The van der Waals surface area contributed by atoms with Crippen LogP contribution in [0.4, 0.5) is 5.69 Å². The number of likely N-dealkylation sites (N-methyl/N-ethyl adjacent to an activating group) is 1. The van der Waals surface area contributed by atoms with Gasteiger partial charge in [-0.1, -0.05) is 48.5 Å². The smallest absolute Gasteiger partial charge is 0.241 e. The average Bonchev–Trinajstić information content (AvgIpc) is 2.70. The molecule has 1 amide bonds. The first-order valence-corrected chi connectivity index (χ1v) is 8.54. The Kier molecular flexibility index (Phi) is 4.00. The van der Waals surface area contributed by atoms with Crippen LogP contribution in [-0.4, -0.2) is 13.0 Å². The van der Waals surface area contributed by atoms with Gasteiger partial charge in [0.25, 0.3) is 0 Å². The lowest BCUT2D eigenvalue weighted by molar-refractivity contribution is -0.120. The second kappa shape index (κ2) is 5.67. The molecule has 0 aromatic heterocycles. The van der Waals surface area contributed by atoms with Gasteiger partial charge in [-0.2, -0.15) is 0 Å². The van der Waals surface area contributed by atoms with E-state index in [-0.39, 0.29) is 5.91 Å². The van der Waals surface area contributed by atoms with E-state index in [2.05, 4.69) is 50.1 Å². The number of nitrogens with zero attached hydrogens (tertiary/aromatic N) is 1. The van der Waals surface area contributed by atoms with Crippen molar-refractivity contribution in [2.75, 3.05) is 11.9 Å². The normalized spacial score (nSPS) is 20.0. The number of para-hydroxylation sites is 1. The van der Waals surface area contributed by atoms with Crippen LogP contribution in [0.15, 0.2) is 58.0 Å². The van der Waals surface area contributed by atoms with Crippen LogP contribution in [0, 0.1) is 0 Å². The van der Waals surface area contributed by atoms with Gasteiger partial charge in [0.1, 0.15) is 0 Å². The summed E-state index contributed by atoms with van der Waals surface area (Å²) in [5.74, 6) is 0.0716. The number of carbonyl (C=O) groups excluding carboxylic acids is 1. The second-order valence-electron chi connectivity index (χ2n) is 5.57. The molecule has 2 aromatic rings. The van der Waals surface area contributed by atoms with Crippen LogP contribution in [0.3, 0.4) is 0 Å². The van der Waals surface area contributed by atoms with Crippen molar-refractivity contribution in [3.05, 3.63) is 63.6 Å². The van der Waals surface area contributed by atoms with E-state index in [9.17, 15) is 4.79 Å². The number of anilines is 1. The van der Waals surface area contributed by atoms with E-state index in [0.29, 0.717) is 0 Å². The molecule has 0 aliphatic carbocycles. The van der Waals surface area contributed by atoms with Crippen molar-refractivity contribution in [1.29, 1.82) is 0 Å². The van der Waals surface area contributed by atoms with Gasteiger partial charge in [-0.3, -0.25) is 4.79 Å². The minimum Gasteiger partial charge on any atom is -0.314 e. The van der Waals surface area contributed by atoms with Gasteiger partial charge in [-0.25, -0.2) is 0 Å². The number of rotatable bonds is 2. The topological polar surface area (TPSA) is 20.3 Å². The number of carbonyl (C=O) groups is 1. The van der Waals surface area contributed by atoms with Crippen molar-refractivity contribution < 1.29 is 4.79 Å². The number of fused-ring (bicyclic) bond motifs is 1. The number of halogens is 2. The van der Waals surface area contributed by atoms with Crippen LogP contribution in [0.1, 0.15) is 12.5 Å². The largest absolute Gasteiger partial charge is 0.314 e. The molecule has 2 nitrogen and oxygen atoms in total. The Hall–Kier alpha value is -1.39. The molecule has 1 aliphatic rings. The minimum atomic E-state index is -0.669. The fraction of sp³-hybridized carbons (Fsp3) is 0.167. The van der Waals surface area contributed by atoms with Gasteiger partial charge < -0.3 is 4.90 Å². The Morgan fingerprint density at radius 3 is 2.41 bits per heavy atom. The zero-order valence-corrected chi connectivity index (χ0v) is 15.5. The molecule has 0 bridgehead atoms. The van der Waals surface area contributed by atoms with E-state index in [4.69, 9.17) is 0 Å². The summed E-state index contributed by atoms with van der Waals surface area (Å²) < 4.78 is 0.780. The number of hydrogen-bond donors (Lipinski definition) is 0. The monoisotopic (exact) mass is 419 g/mol. The van der Waals surface area contributed by atoms with E-state index >= 15 is 0 Å². The summed E-state index contributed by atoms with van der Waals surface area (Å²) in [5.41, 5.74) is 3.54. The Morgan fingerprint density at radius 2 is 1.77 bits per heavy atom. The zero-order chi connectivity index (χ0) is 15.9. The number of amides is 1. The first kappa shape index (κ1) is 15.5.